The van der Waals surface area contributed by atoms with E-state index in [9.17, 15) is 9.59 Å². The van der Waals surface area contributed by atoms with Gasteiger partial charge in [0.1, 0.15) is 0 Å². The third-order valence-electron chi connectivity index (χ3n) is 3.61. The van der Waals surface area contributed by atoms with Gasteiger partial charge in [-0.3, -0.25) is 9.59 Å². The Hall–Kier alpha value is -2.10. The van der Waals surface area contributed by atoms with Crippen molar-refractivity contribution in [1.82, 2.24) is 0 Å². The van der Waals surface area contributed by atoms with E-state index < -0.39 is 0 Å². The molecule has 4 heteroatoms. The first-order valence-electron chi connectivity index (χ1n) is 6.33. The van der Waals surface area contributed by atoms with Crippen LogP contribution in [0.2, 0.25) is 0 Å². The summed E-state index contributed by atoms with van der Waals surface area (Å²) in [7, 11) is 1.59. The molecule has 0 aliphatic heterocycles. The van der Waals surface area contributed by atoms with Crippen LogP contribution in [0.15, 0.2) is 21.7 Å². The zero-order chi connectivity index (χ0) is 13.6. The maximum Gasteiger partial charge on any atom is 0.234 e. The van der Waals surface area contributed by atoms with E-state index in [1.54, 1.807) is 7.11 Å². The van der Waals surface area contributed by atoms with Crippen molar-refractivity contribution < 1.29 is 9.47 Å². The van der Waals surface area contributed by atoms with E-state index in [0.717, 1.165) is 17.5 Å². The molecular weight excluding hydrogens is 244 g/mol. The average molecular weight is 258 g/mol. The Labute approximate surface area is 110 Å². The topological polar surface area (TPSA) is 52.6 Å². The van der Waals surface area contributed by atoms with Crippen molar-refractivity contribution in [2.24, 2.45) is 0 Å². The number of methoxy groups -OCH3 is 1. The summed E-state index contributed by atoms with van der Waals surface area (Å²) in [5, 5.41) is 0. The van der Waals surface area contributed by atoms with Gasteiger partial charge in [-0.05, 0) is 43.0 Å². The lowest BCUT2D eigenvalue weighted by molar-refractivity contribution is 0.311. The fourth-order valence-electron chi connectivity index (χ4n) is 2.69. The molecule has 0 saturated heterocycles. The van der Waals surface area contributed by atoms with Gasteiger partial charge in [0.15, 0.2) is 11.5 Å². The van der Waals surface area contributed by atoms with Gasteiger partial charge in [-0.1, -0.05) is 0 Å². The van der Waals surface area contributed by atoms with Gasteiger partial charge in [0, 0.05) is 11.1 Å². The highest BCUT2D eigenvalue weighted by atomic mass is 16.5. The van der Waals surface area contributed by atoms with Crippen LogP contribution in [0.5, 0.6) is 11.5 Å². The lowest BCUT2D eigenvalue weighted by Crippen LogP contribution is -2.39. The smallest absolute Gasteiger partial charge is 0.234 e. The van der Waals surface area contributed by atoms with E-state index in [1.165, 1.54) is 0 Å². The fraction of sp³-hybridized carbons (Fsp3) is 0.333. The number of hydrogen-bond acceptors (Lipinski definition) is 4. The lowest BCUT2D eigenvalue weighted by Gasteiger charge is -2.22. The Morgan fingerprint density at radius 2 is 1.89 bits per heavy atom. The molecule has 1 aliphatic rings. The monoisotopic (exact) mass is 258 g/mol. The molecule has 19 heavy (non-hydrogen) atoms. The molecule has 0 N–H and O–H groups in total. The molecule has 0 bridgehead atoms. The van der Waals surface area contributed by atoms with Crippen molar-refractivity contribution in [3.63, 3.8) is 0 Å². The number of rotatable bonds is 3. The van der Waals surface area contributed by atoms with Crippen molar-refractivity contribution in [3.05, 3.63) is 43.7 Å². The Balaban J connectivity index is 2.20. The molecule has 98 valence electrons. The molecule has 0 radical (unpaired) electrons. The zero-order valence-corrected chi connectivity index (χ0v) is 10.9. The molecular formula is C15H14O4. The van der Waals surface area contributed by atoms with Crippen molar-refractivity contribution in [2.75, 3.05) is 13.7 Å². The van der Waals surface area contributed by atoms with Crippen molar-refractivity contribution >= 4 is 0 Å². The van der Waals surface area contributed by atoms with Crippen LogP contribution in [-0.2, 0) is 12.8 Å². The van der Waals surface area contributed by atoms with E-state index in [1.807, 2.05) is 19.1 Å². The Bertz CT molecular complexity index is 720. The second kappa shape index (κ2) is 4.23. The second-order valence-corrected chi connectivity index (χ2v) is 4.61. The van der Waals surface area contributed by atoms with E-state index >= 15 is 0 Å². The van der Waals surface area contributed by atoms with Gasteiger partial charge in [-0.15, -0.1) is 0 Å². The molecule has 1 aliphatic carbocycles. The summed E-state index contributed by atoms with van der Waals surface area (Å²) in [5.74, 6) is 1.28. The predicted octanol–water partition coefficient (Wildman–Crippen LogP) is 1.46. The largest absolute Gasteiger partial charge is 0.493 e. The van der Waals surface area contributed by atoms with Crippen LogP contribution in [0.4, 0.5) is 0 Å². The molecule has 3 rings (SSSR count). The highest BCUT2D eigenvalue weighted by Gasteiger charge is 2.28. The van der Waals surface area contributed by atoms with Crippen LogP contribution >= 0.6 is 0 Å². The molecule has 0 aromatic heterocycles. The normalized spacial score (nSPS) is 12.9. The summed E-state index contributed by atoms with van der Waals surface area (Å²) < 4.78 is 10.8. The highest BCUT2D eigenvalue weighted by molar-refractivity contribution is 5.78. The van der Waals surface area contributed by atoms with Crippen molar-refractivity contribution in [1.29, 1.82) is 0 Å². The van der Waals surface area contributed by atoms with E-state index in [4.69, 9.17) is 9.47 Å². The molecule has 0 saturated carbocycles. The maximum atomic E-state index is 11.7. The minimum atomic E-state index is -0.372. The Morgan fingerprint density at radius 3 is 2.58 bits per heavy atom. The van der Waals surface area contributed by atoms with Crippen LogP contribution in [0.25, 0.3) is 11.1 Å². The molecule has 0 heterocycles. The van der Waals surface area contributed by atoms with Gasteiger partial charge in [0.2, 0.25) is 10.9 Å². The first-order valence-corrected chi connectivity index (χ1v) is 6.33. The molecule has 4 nitrogen and oxygen atoms in total. The molecule has 0 unspecified atom stereocenters. The van der Waals surface area contributed by atoms with Gasteiger partial charge in [0.25, 0.3) is 0 Å². The standard InChI is InChI=1S/C15H14O4/c1-3-19-12-7-10-8(6-11(12)18-2)4-5-9-13(10)15(17)14(9)16/h6-7H,3-5H2,1-2H3. The average Bonchev–Trinajstić information content (AvgIpc) is 2.44. The summed E-state index contributed by atoms with van der Waals surface area (Å²) in [4.78, 5) is 23.2. The van der Waals surface area contributed by atoms with Crippen LogP contribution < -0.4 is 20.3 Å². The highest BCUT2D eigenvalue weighted by Crippen LogP contribution is 2.39. The quantitative estimate of drug-likeness (QED) is 0.782. The summed E-state index contributed by atoms with van der Waals surface area (Å²) in [6, 6.07) is 3.72. The third-order valence-corrected chi connectivity index (χ3v) is 3.61. The Morgan fingerprint density at radius 1 is 1.11 bits per heavy atom. The van der Waals surface area contributed by atoms with Gasteiger partial charge in [0.05, 0.1) is 13.7 Å². The summed E-state index contributed by atoms with van der Waals surface area (Å²) in [5.41, 5.74) is 2.42. The van der Waals surface area contributed by atoms with Gasteiger partial charge in [-0.25, -0.2) is 0 Å². The first-order chi connectivity index (χ1) is 9.17. The molecule has 0 spiro atoms. The SMILES string of the molecule is CCOc1cc2c(cc1OC)CCc1c-2c(=O)c1=O. The number of fused-ring (bicyclic) bond motifs is 3. The van der Waals surface area contributed by atoms with Crippen LogP contribution in [0.3, 0.4) is 0 Å². The summed E-state index contributed by atoms with van der Waals surface area (Å²) >= 11 is 0. The van der Waals surface area contributed by atoms with Gasteiger partial charge >= 0.3 is 0 Å². The summed E-state index contributed by atoms with van der Waals surface area (Å²) in [6.45, 7) is 2.41. The zero-order valence-electron chi connectivity index (χ0n) is 10.9. The van der Waals surface area contributed by atoms with Gasteiger partial charge < -0.3 is 9.47 Å². The van der Waals surface area contributed by atoms with E-state index in [0.29, 0.717) is 35.7 Å². The lowest BCUT2D eigenvalue weighted by atomic mass is 9.81. The van der Waals surface area contributed by atoms with Crippen LogP contribution in [-0.4, -0.2) is 13.7 Å². The number of hydrogen-bond donors (Lipinski definition) is 0. The molecule has 2 aromatic carbocycles. The molecule has 0 fully saturated rings. The Kier molecular flexibility index (Phi) is 2.66. The number of benzene rings is 1. The maximum absolute atomic E-state index is 11.7. The second-order valence-electron chi connectivity index (χ2n) is 4.61. The van der Waals surface area contributed by atoms with Crippen molar-refractivity contribution in [3.8, 4) is 22.6 Å². The minimum absolute atomic E-state index is 0.325. The van der Waals surface area contributed by atoms with E-state index in [-0.39, 0.29) is 10.9 Å². The van der Waals surface area contributed by atoms with Crippen LogP contribution in [0, 0.1) is 0 Å². The summed E-state index contributed by atoms with van der Waals surface area (Å²) in [6.07, 6.45) is 1.40. The van der Waals surface area contributed by atoms with Crippen molar-refractivity contribution in [2.45, 2.75) is 19.8 Å². The van der Waals surface area contributed by atoms with Crippen LogP contribution in [0.1, 0.15) is 18.1 Å². The minimum Gasteiger partial charge on any atom is -0.493 e. The fourth-order valence-corrected chi connectivity index (χ4v) is 2.69. The number of ether oxygens (including phenoxy) is 2. The third kappa shape index (κ3) is 1.59. The first kappa shape index (κ1) is 12.0. The molecule has 0 amide bonds. The predicted molar refractivity (Wildman–Crippen MR) is 71.9 cm³/mol. The molecule has 0 atom stereocenters. The molecule has 2 aromatic rings. The number of aryl methyl sites for hydroxylation is 1. The van der Waals surface area contributed by atoms with E-state index in [2.05, 4.69) is 0 Å². The van der Waals surface area contributed by atoms with Gasteiger partial charge in [-0.2, -0.15) is 0 Å².